The molecular formula is C17H18N6O2. The van der Waals surface area contributed by atoms with Gasteiger partial charge in [-0.1, -0.05) is 5.21 Å². The van der Waals surface area contributed by atoms with Gasteiger partial charge in [-0.25, -0.2) is 14.5 Å². The van der Waals surface area contributed by atoms with Crippen molar-refractivity contribution in [2.24, 2.45) is 7.05 Å². The number of nitrogens with zero attached hydrogens (tertiary/aromatic N) is 6. The summed E-state index contributed by atoms with van der Waals surface area (Å²) in [6.07, 6.45) is 8.99. The van der Waals surface area contributed by atoms with Crippen LogP contribution in [0.3, 0.4) is 0 Å². The van der Waals surface area contributed by atoms with E-state index in [2.05, 4.69) is 20.4 Å². The van der Waals surface area contributed by atoms with Gasteiger partial charge in [-0.3, -0.25) is 4.68 Å². The summed E-state index contributed by atoms with van der Waals surface area (Å²) in [5.41, 5.74) is 2.68. The van der Waals surface area contributed by atoms with E-state index >= 15 is 0 Å². The largest absolute Gasteiger partial charge is 0.478 e. The molecule has 0 aliphatic heterocycles. The Bertz CT molecular complexity index is 996. The van der Waals surface area contributed by atoms with Gasteiger partial charge in [0.15, 0.2) is 5.65 Å². The summed E-state index contributed by atoms with van der Waals surface area (Å²) in [6, 6.07) is 2.02. The second-order valence-corrected chi connectivity index (χ2v) is 6.35. The average molecular weight is 338 g/mol. The van der Waals surface area contributed by atoms with E-state index in [1.807, 2.05) is 10.9 Å². The lowest BCUT2D eigenvalue weighted by atomic mass is 9.93. The molecule has 0 aromatic carbocycles. The molecule has 0 spiro atoms. The van der Waals surface area contributed by atoms with Gasteiger partial charge in [-0.05, 0) is 44.4 Å². The van der Waals surface area contributed by atoms with Crippen LogP contribution in [-0.4, -0.2) is 40.8 Å². The van der Waals surface area contributed by atoms with Crippen molar-refractivity contribution in [3.63, 3.8) is 0 Å². The molecule has 0 saturated heterocycles. The molecule has 1 fully saturated rings. The Balaban J connectivity index is 1.70. The molecule has 0 amide bonds. The summed E-state index contributed by atoms with van der Waals surface area (Å²) in [5.74, 6) is -0.992. The lowest BCUT2D eigenvalue weighted by Crippen LogP contribution is -2.17. The van der Waals surface area contributed by atoms with Gasteiger partial charge in [0.2, 0.25) is 0 Å². The molecule has 8 heteroatoms. The summed E-state index contributed by atoms with van der Waals surface area (Å²) < 4.78 is 3.49. The van der Waals surface area contributed by atoms with E-state index in [0.717, 1.165) is 18.5 Å². The molecule has 8 nitrogen and oxygen atoms in total. The van der Waals surface area contributed by atoms with Crippen LogP contribution in [-0.2, 0) is 7.05 Å². The van der Waals surface area contributed by atoms with Crippen LogP contribution in [0.2, 0.25) is 0 Å². The highest BCUT2D eigenvalue weighted by molar-refractivity contribution is 6.03. The molecule has 1 saturated carbocycles. The number of fused-ring (bicyclic) bond motifs is 1. The third-order valence-corrected chi connectivity index (χ3v) is 4.62. The topological polar surface area (TPSA) is 98.7 Å². The van der Waals surface area contributed by atoms with Crippen molar-refractivity contribution in [1.82, 2.24) is 29.8 Å². The Morgan fingerprint density at radius 1 is 1.32 bits per heavy atom. The van der Waals surface area contributed by atoms with E-state index in [1.165, 1.54) is 6.42 Å². The highest BCUT2D eigenvalue weighted by Crippen LogP contribution is 2.30. The number of hydrogen-bond donors (Lipinski definition) is 1. The molecule has 25 heavy (non-hydrogen) atoms. The molecule has 0 unspecified atom stereocenters. The zero-order chi connectivity index (χ0) is 17.6. The monoisotopic (exact) mass is 338 g/mol. The zero-order valence-electron chi connectivity index (χ0n) is 14.0. The number of aromatic nitrogens is 6. The smallest absolute Gasteiger partial charge is 0.336 e. The number of carboxylic acids is 1. The molecule has 3 heterocycles. The third kappa shape index (κ3) is 2.69. The van der Waals surface area contributed by atoms with Crippen LogP contribution in [0.1, 0.15) is 52.7 Å². The Labute approximate surface area is 143 Å². The molecule has 1 aliphatic carbocycles. The van der Waals surface area contributed by atoms with Crippen LogP contribution in [0.15, 0.2) is 12.3 Å². The van der Waals surface area contributed by atoms with E-state index in [-0.39, 0.29) is 5.56 Å². The zero-order valence-corrected chi connectivity index (χ0v) is 14.0. The van der Waals surface area contributed by atoms with Gasteiger partial charge in [-0.2, -0.15) is 5.10 Å². The van der Waals surface area contributed by atoms with Gasteiger partial charge in [0.1, 0.15) is 5.69 Å². The first kappa shape index (κ1) is 15.5. The molecule has 1 aliphatic rings. The predicted molar refractivity (Wildman–Crippen MR) is 92.0 cm³/mol. The van der Waals surface area contributed by atoms with Crippen LogP contribution >= 0.6 is 0 Å². The maximum atomic E-state index is 11.6. The van der Waals surface area contributed by atoms with E-state index < -0.39 is 5.97 Å². The fourth-order valence-corrected chi connectivity index (χ4v) is 3.09. The molecule has 128 valence electrons. The van der Waals surface area contributed by atoms with E-state index in [4.69, 9.17) is 0 Å². The van der Waals surface area contributed by atoms with E-state index in [0.29, 0.717) is 28.5 Å². The number of aromatic carboxylic acids is 1. The molecule has 0 bridgehead atoms. The Hall–Kier alpha value is -3.03. The third-order valence-electron chi connectivity index (χ3n) is 4.62. The highest BCUT2D eigenvalue weighted by atomic mass is 16.4. The van der Waals surface area contributed by atoms with Gasteiger partial charge in [0.25, 0.3) is 0 Å². The van der Waals surface area contributed by atoms with Crippen LogP contribution < -0.4 is 0 Å². The van der Waals surface area contributed by atoms with Crippen LogP contribution in [0.5, 0.6) is 0 Å². The molecule has 0 radical (unpaired) electrons. The Morgan fingerprint density at radius 3 is 2.76 bits per heavy atom. The molecule has 3 aromatic heterocycles. The minimum absolute atomic E-state index is 0.202. The lowest BCUT2D eigenvalue weighted by Gasteiger charge is -2.24. The molecule has 3 aromatic rings. The average Bonchev–Trinajstić information content (AvgIpc) is 3.08. The van der Waals surface area contributed by atoms with E-state index in [9.17, 15) is 9.90 Å². The summed E-state index contributed by atoms with van der Waals surface area (Å²) in [6.45, 7) is 1.78. The fraction of sp³-hybridized carbons (Fsp3) is 0.353. The first-order chi connectivity index (χ1) is 12.0. The molecule has 0 atom stereocenters. The van der Waals surface area contributed by atoms with Crippen molar-refractivity contribution in [1.29, 1.82) is 0 Å². The fourth-order valence-electron chi connectivity index (χ4n) is 3.09. The second-order valence-electron chi connectivity index (χ2n) is 6.35. The number of hydrogen-bond acceptors (Lipinski definition) is 5. The van der Waals surface area contributed by atoms with Crippen molar-refractivity contribution in [2.75, 3.05) is 0 Å². The Morgan fingerprint density at radius 2 is 2.08 bits per heavy atom. The minimum atomic E-state index is -0.992. The SMILES string of the molecule is Cc1nn(C)c2nc(C=Cc3cn(C4CCC4)nn3)cc(C(=O)O)c12. The predicted octanol–water partition coefficient (Wildman–Crippen LogP) is 2.46. The van der Waals surface area contributed by atoms with Crippen molar-refractivity contribution in [3.05, 3.63) is 34.9 Å². The van der Waals surface area contributed by atoms with Gasteiger partial charge < -0.3 is 5.11 Å². The maximum absolute atomic E-state index is 11.6. The normalized spacial score (nSPS) is 15.1. The first-order valence-electron chi connectivity index (χ1n) is 8.20. The van der Waals surface area contributed by atoms with Crippen LogP contribution in [0.25, 0.3) is 23.2 Å². The highest BCUT2D eigenvalue weighted by Gasteiger charge is 2.20. The van der Waals surface area contributed by atoms with Crippen molar-refractivity contribution in [3.8, 4) is 0 Å². The lowest BCUT2D eigenvalue weighted by molar-refractivity contribution is 0.0699. The van der Waals surface area contributed by atoms with E-state index in [1.54, 1.807) is 36.9 Å². The molecular weight excluding hydrogens is 320 g/mol. The quantitative estimate of drug-likeness (QED) is 0.784. The molecule has 4 rings (SSSR count). The summed E-state index contributed by atoms with van der Waals surface area (Å²) in [7, 11) is 1.76. The minimum Gasteiger partial charge on any atom is -0.478 e. The Kier molecular flexibility index (Phi) is 3.60. The summed E-state index contributed by atoms with van der Waals surface area (Å²) in [4.78, 5) is 16.1. The standard InChI is InChI=1S/C17H18N6O2/c1-10-15-14(17(24)25)8-11(18-16(15)22(2)20-10)6-7-12-9-23(21-19-12)13-4-3-5-13/h6-9,13H,3-5H2,1-2H3,(H,24,25). The number of pyridine rings is 1. The van der Waals surface area contributed by atoms with Gasteiger partial charge in [0.05, 0.1) is 34.6 Å². The number of carbonyl (C=O) groups is 1. The van der Waals surface area contributed by atoms with Crippen molar-refractivity contribution < 1.29 is 9.90 Å². The number of carboxylic acid groups (broad SMARTS) is 1. The summed E-state index contributed by atoms with van der Waals surface area (Å²) in [5, 5.41) is 22.6. The second kappa shape index (κ2) is 5.80. The van der Waals surface area contributed by atoms with Crippen LogP contribution in [0.4, 0.5) is 0 Å². The number of rotatable bonds is 4. The van der Waals surface area contributed by atoms with Gasteiger partial charge in [0, 0.05) is 7.05 Å². The molecule has 1 N–H and O–H groups in total. The van der Waals surface area contributed by atoms with Crippen LogP contribution in [0, 0.1) is 6.92 Å². The van der Waals surface area contributed by atoms with Crippen molar-refractivity contribution >= 4 is 29.2 Å². The van der Waals surface area contributed by atoms with Gasteiger partial charge in [-0.15, -0.1) is 5.10 Å². The number of aryl methyl sites for hydroxylation is 2. The maximum Gasteiger partial charge on any atom is 0.336 e. The van der Waals surface area contributed by atoms with Gasteiger partial charge >= 0.3 is 5.97 Å². The summed E-state index contributed by atoms with van der Waals surface area (Å²) >= 11 is 0. The van der Waals surface area contributed by atoms with Crippen molar-refractivity contribution in [2.45, 2.75) is 32.2 Å². The first-order valence-corrected chi connectivity index (χ1v) is 8.20.